The van der Waals surface area contributed by atoms with Gasteiger partial charge in [-0.15, -0.1) is 0 Å². The van der Waals surface area contributed by atoms with Gasteiger partial charge in [0.25, 0.3) is 0 Å². The summed E-state index contributed by atoms with van der Waals surface area (Å²) in [5, 5.41) is 0. The number of hydrogen-bond donors (Lipinski definition) is 0. The van der Waals surface area contributed by atoms with Crippen LogP contribution in [0.15, 0.2) is 12.3 Å². The first kappa shape index (κ1) is 18.1. The van der Waals surface area contributed by atoms with Crippen LogP contribution in [0.5, 0.6) is 0 Å². The van der Waals surface area contributed by atoms with Crippen molar-refractivity contribution in [1.29, 1.82) is 0 Å². The molecule has 2 rings (SSSR count). The Kier molecular flexibility index (Phi) is 5.94. The van der Waals surface area contributed by atoms with Crippen molar-refractivity contribution in [1.82, 2.24) is 9.88 Å². The monoisotopic (exact) mass is 336 g/mol. The average molecular weight is 336 g/mol. The second-order valence-corrected chi connectivity index (χ2v) is 5.53. The number of nitrogens with zero attached hydrogens (tertiary/aromatic N) is 2. The molecule has 130 valence electrons. The van der Waals surface area contributed by atoms with Crippen molar-refractivity contribution in [3.05, 3.63) is 29.1 Å². The maximum absolute atomic E-state index is 13.3. The number of ether oxygens (including phenoxy) is 2. The van der Waals surface area contributed by atoms with E-state index in [0.717, 1.165) is 6.07 Å². The molecule has 1 aliphatic rings. The summed E-state index contributed by atoms with van der Waals surface area (Å²) in [5.41, 5.74) is -0.734. The molecule has 1 saturated heterocycles. The van der Waals surface area contributed by atoms with Crippen molar-refractivity contribution in [3.8, 4) is 0 Å². The molecule has 1 aromatic rings. The van der Waals surface area contributed by atoms with Crippen LogP contribution in [0.4, 0.5) is 17.6 Å². The van der Waals surface area contributed by atoms with Gasteiger partial charge in [-0.3, -0.25) is 9.88 Å². The van der Waals surface area contributed by atoms with Gasteiger partial charge in [-0.05, 0) is 24.5 Å². The Morgan fingerprint density at radius 1 is 1.26 bits per heavy atom. The van der Waals surface area contributed by atoms with Crippen molar-refractivity contribution in [3.63, 3.8) is 0 Å². The first-order valence-corrected chi connectivity index (χ1v) is 7.33. The van der Waals surface area contributed by atoms with Crippen molar-refractivity contribution >= 4 is 0 Å². The summed E-state index contributed by atoms with van der Waals surface area (Å²) in [6, 6.07) is 1.06. The molecule has 0 N–H and O–H groups in total. The van der Waals surface area contributed by atoms with Gasteiger partial charge in [0.1, 0.15) is 11.9 Å². The second-order valence-electron chi connectivity index (χ2n) is 5.53. The molecule has 1 aliphatic heterocycles. The molecule has 0 aliphatic carbocycles. The summed E-state index contributed by atoms with van der Waals surface area (Å²) in [5.74, 6) is 0. The molecule has 0 unspecified atom stereocenters. The predicted octanol–water partition coefficient (Wildman–Crippen LogP) is 3.33. The molecule has 1 fully saturated rings. The van der Waals surface area contributed by atoms with Gasteiger partial charge < -0.3 is 9.47 Å². The summed E-state index contributed by atoms with van der Waals surface area (Å²) in [6.07, 6.45) is -4.35. The van der Waals surface area contributed by atoms with E-state index in [0.29, 0.717) is 38.0 Å². The summed E-state index contributed by atoms with van der Waals surface area (Å²) < 4.78 is 62.7. The highest BCUT2D eigenvalue weighted by Gasteiger charge is 2.37. The Bertz CT molecular complexity index is 513. The van der Waals surface area contributed by atoms with Gasteiger partial charge in [-0.1, -0.05) is 0 Å². The van der Waals surface area contributed by atoms with Crippen molar-refractivity contribution in [2.45, 2.75) is 38.0 Å². The lowest BCUT2D eigenvalue weighted by molar-refractivity contribution is -0.149. The van der Waals surface area contributed by atoms with Crippen molar-refractivity contribution in [2.75, 3.05) is 27.3 Å². The van der Waals surface area contributed by atoms with E-state index in [1.165, 1.54) is 20.4 Å². The zero-order chi connectivity index (χ0) is 17.0. The highest BCUT2D eigenvalue weighted by Crippen LogP contribution is 2.35. The molecular weight excluding hydrogens is 316 g/mol. The number of rotatable bonds is 5. The van der Waals surface area contributed by atoms with E-state index in [4.69, 9.17) is 9.47 Å². The maximum atomic E-state index is 13.3. The molecule has 0 radical (unpaired) electrons. The van der Waals surface area contributed by atoms with E-state index < -0.39 is 24.2 Å². The summed E-state index contributed by atoms with van der Waals surface area (Å²) in [4.78, 5) is 5.82. The van der Waals surface area contributed by atoms with Crippen LogP contribution in [0.3, 0.4) is 0 Å². The molecule has 0 aromatic carbocycles. The third kappa shape index (κ3) is 4.62. The first-order chi connectivity index (χ1) is 10.8. The Balaban J connectivity index is 2.22. The largest absolute Gasteiger partial charge is 0.418 e. The Morgan fingerprint density at radius 2 is 1.87 bits per heavy atom. The standard InChI is InChI=1S/C15H20F4N2O2/c1-22-14(23-2)13-12(15(17,18)19)7-10(8-20-13)9-21-5-3-11(16)4-6-21/h7-8,11,14H,3-6,9H2,1-2H3. The quantitative estimate of drug-likeness (QED) is 0.610. The smallest absolute Gasteiger partial charge is 0.350 e. The SMILES string of the molecule is COC(OC)c1ncc(CN2CCC(F)CC2)cc1C(F)(F)F. The van der Waals surface area contributed by atoms with E-state index in [-0.39, 0.29) is 5.69 Å². The lowest BCUT2D eigenvalue weighted by Gasteiger charge is -2.28. The van der Waals surface area contributed by atoms with E-state index in [2.05, 4.69) is 4.98 Å². The van der Waals surface area contributed by atoms with Crippen LogP contribution in [-0.4, -0.2) is 43.4 Å². The normalized spacial score (nSPS) is 17.9. The minimum atomic E-state index is -4.56. The zero-order valence-electron chi connectivity index (χ0n) is 13.1. The van der Waals surface area contributed by atoms with E-state index >= 15 is 0 Å². The lowest BCUT2D eigenvalue weighted by Crippen LogP contribution is -2.34. The minimum absolute atomic E-state index is 0.297. The van der Waals surface area contributed by atoms with Gasteiger partial charge >= 0.3 is 6.18 Å². The molecule has 2 heterocycles. The maximum Gasteiger partial charge on any atom is 0.418 e. The number of pyridine rings is 1. The highest BCUT2D eigenvalue weighted by molar-refractivity contribution is 5.29. The molecular formula is C15H20F4N2O2. The Morgan fingerprint density at radius 3 is 2.39 bits per heavy atom. The van der Waals surface area contributed by atoms with Crippen LogP contribution in [0.2, 0.25) is 0 Å². The summed E-state index contributed by atoms with van der Waals surface area (Å²) >= 11 is 0. The highest BCUT2D eigenvalue weighted by atomic mass is 19.4. The van der Waals surface area contributed by atoms with E-state index in [9.17, 15) is 17.6 Å². The minimum Gasteiger partial charge on any atom is -0.350 e. The van der Waals surface area contributed by atoms with Gasteiger partial charge in [0.15, 0.2) is 0 Å². The van der Waals surface area contributed by atoms with Crippen molar-refractivity contribution < 1.29 is 27.0 Å². The zero-order valence-corrected chi connectivity index (χ0v) is 13.1. The van der Waals surface area contributed by atoms with Gasteiger partial charge in [-0.25, -0.2) is 4.39 Å². The molecule has 0 saturated carbocycles. The van der Waals surface area contributed by atoms with Crippen LogP contribution >= 0.6 is 0 Å². The summed E-state index contributed by atoms with van der Waals surface area (Å²) in [7, 11) is 2.51. The third-order valence-corrected chi connectivity index (χ3v) is 3.86. The van der Waals surface area contributed by atoms with Gasteiger partial charge in [0.05, 0.1) is 5.56 Å². The van der Waals surface area contributed by atoms with Crippen molar-refractivity contribution in [2.24, 2.45) is 0 Å². The van der Waals surface area contributed by atoms with Crippen LogP contribution in [-0.2, 0) is 22.2 Å². The Labute approximate surface area is 132 Å². The molecule has 0 atom stereocenters. The molecule has 8 heteroatoms. The average Bonchev–Trinajstić information content (AvgIpc) is 2.51. The molecule has 1 aromatic heterocycles. The molecule has 0 amide bonds. The fourth-order valence-electron chi connectivity index (χ4n) is 2.66. The van der Waals surface area contributed by atoms with Gasteiger partial charge in [0, 0.05) is 40.1 Å². The van der Waals surface area contributed by atoms with Crippen LogP contribution in [0.25, 0.3) is 0 Å². The predicted molar refractivity (Wildman–Crippen MR) is 75.4 cm³/mol. The number of aromatic nitrogens is 1. The number of likely N-dealkylation sites (tertiary alicyclic amines) is 1. The van der Waals surface area contributed by atoms with E-state index in [1.807, 2.05) is 4.90 Å². The second kappa shape index (κ2) is 7.55. The lowest BCUT2D eigenvalue weighted by atomic mass is 10.1. The Hall–Kier alpha value is -1.25. The van der Waals surface area contributed by atoms with Crippen LogP contribution in [0, 0.1) is 0 Å². The number of alkyl halides is 4. The number of piperidine rings is 1. The fraction of sp³-hybridized carbons (Fsp3) is 0.667. The van der Waals surface area contributed by atoms with Crippen LogP contribution in [0.1, 0.15) is 36.0 Å². The molecule has 4 nitrogen and oxygen atoms in total. The van der Waals surface area contributed by atoms with E-state index in [1.54, 1.807) is 0 Å². The fourth-order valence-corrected chi connectivity index (χ4v) is 2.66. The first-order valence-electron chi connectivity index (χ1n) is 7.33. The topological polar surface area (TPSA) is 34.6 Å². The number of halogens is 4. The van der Waals surface area contributed by atoms with Gasteiger partial charge in [-0.2, -0.15) is 13.2 Å². The number of hydrogen-bond acceptors (Lipinski definition) is 4. The molecule has 0 bridgehead atoms. The molecule has 23 heavy (non-hydrogen) atoms. The summed E-state index contributed by atoms with van der Waals surface area (Å²) in [6.45, 7) is 1.37. The number of methoxy groups -OCH3 is 2. The molecule has 0 spiro atoms. The van der Waals surface area contributed by atoms with Crippen LogP contribution < -0.4 is 0 Å². The van der Waals surface area contributed by atoms with Gasteiger partial charge in [0.2, 0.25) is 6.29 Å². The third-order valence-electron chi connectivity index (χ3n) is 3.86.